The number of pyridine rings is 1. The number of carbonyl (C=O) groups excluding carboxylic acids is 1. The maximum atomic E-state index is 11.4. The number of Topliss-reactive ketones (excluding diaryl/α,β-unsaturated/α-hetero) is 1. The fourth-order valence-electron chi connectivity index (χ4n) is 1.98. The molecule has 0 aromatic carbocycles. The lowest BCUT2D eigenvalue weighted by molar-refractivity contribution is 0.102. The van der Waals surface area contributed by atoms with Gasteiger partial charge in [-0.1, -0.05) is 6.07 Å². The molecule has 0 atom stereocenters. The highest BCUT2D eigenvalue weighted by Crippen LogP contribution is 2.30. The number of nitriles is 1. The van der Waals surface area contributed by atoms with Gasteiger partial charge in [0.15, 0.2) is 5.78 Å². The predicted molar refractivity (Wildman–Crippen MR) is 96.1 cm³/mol. The van der Waals surface area contributed by atoms with E-state index in [2.05, 4.69) is 11.1 Å². The van der Waals surface area contributed by atoms with E-state index in [-0.39, 0.29) is 5.78 Å². The van der Waals surface area contributed by atoms with Crippen molar-refractivity contribution in [2.45, 2.75) is 17.7 Å². The summed E-state index contributed by atoms with van der Waals surface area (Å²) in [5.41, 5.74) is 2.55. The molecule has 0 fully saturated rings. The molecule has 23 heavy (non-hydrogen) atoms. The first-order valence-electron chi connectivity index (χ1n) is 6.83. The summed E-state index contributed by atoms with van der Waals surface area (Å²) in [7, 11) is 0. The summed E-state index contributed by atoms with van der Waals surface area (Å²) in [6.07, 6.45) is 0. The molecule has 3 heterocycles. The van der Waals surface area contributed by atoms with Gasteiger partial charge < -0.3 is 0 Å². The molecule has 0 bridgehead atoms. The van der Waals surface area contributed by atoms with Crippen molar-refractivity contribution in [1.82, 2.24) is 4.98 Å². The highest BCUT2D eigenvalue weighted by atomic mass is 32.2. The predicted octanol–water partition coefficient (Wildman–Crippen LogP) is 5.24. The van der Waals surface area contributed by atoms with Crippen molar-refractivity contribution in [1.29, 1.82) is 5.26 Å². The molecule has 0 saturated heterocycles. The molecule has 0 amide bonds. The Bertz CT molecular complexity index is 876. The third kappa shape index (κ3) is 3.70. The van der Waals surface area contributed by atoms with Crippen LogP contribution in [0.25, 0.3) is 10.6 Å². The van der Waals surface area contributed by atoms with E-state index in [4.69, 9.17) is 0 Å². The van der Waals surface area contributed by atoms with Gasteiger partial charge in [0.2, 0.25) is 0 Å². The Labute approximate surface area is 146 Å². The Morgan fingerprint density at radius 1 is 1.35 bits per heavy atom. The lowest BCUT2D eigenvalue weighted by Gasteiger charge is -2.05. The van der Waals surface area contributed by atoms with Crippen LogP contribution in [0.3, 0.4) is 0 Å². The van der Waals surface area contributed by atoms with Gasteiger partial charge in [-0.15, -0.1) is 34.4 Å². The van der Waals surface area contributed by atoms with Crippen LogP contribution >= 0.6 is 34.4 Å². The molecule has 0 N–H and O–H groups in total. The zero-order chi connectivity index (χ0) is 16.2. The van der Waals surface area contributed by atoms with E-state index >= 15 is 0 Å². The summed E-state index contributed by atoms with van der Waals surface area (Å²) in [6.45, 7) is 1.57. The van der Waals surface area contributed by atoms with Gasteiger partial charge in [-0.3, -0.25) is 4.79 Å². The fraction of sp³-hybridized carbons (Fsp3) is 0.118. The van der Waals surface area contributed by atoms with Crippen LogP contribution in [0.1, 0.15) is 27.7 Å². The van der Waals surface area contributed by atoms with Crippen LogP contribution in [0.4, 0.5) is 0 Å². The van der Waals surface area contributed by atoms with E-state index in [1.165, 1.54) is 23.1 Å². The van der Waals surface area contributed by atoms with E-state index in [0.717, 1.165) is 26.0 Å². The minimum atomic E-state index is 0.0850. The topological polar surface area (TPSA) is 53.8 Å². The smallest absolute Gasteiger partial charge is 0.169 e. The highest BCUT2D eigenvalue weighted by Gasteiger charge is 2.10. The minimum absolute atomic E-state index is 0.0850. The average Bonchev–Trinajstić information content (AvgIpc) is 3.24. The molecule has 0 aliphatic rings. The molecule has 0 saturated carbocycles. The van der Waals surface area contributed by atoms with Gasteiger partial charge in [-0.25, -0.2) is 4.98 Å². The third-order valence-electron chi connectivity index (χ3n) is 3.13. The van der Waals surface area contributed by atoms with Crippen molar-refractivity contribution in [3.63, 3.8) is 0 Å². The molecular weight excluding hydrogens is 344 g/mol. The van der Waals surface area contributed by atoms with Crippen molar-refractivity contribution in [3.05, 3.63) is 57.1 Å². The number of aromatic nitrogens is 1. The van der Waals surface area contributed by atoms with E-state index in [1.807, 2.05) is 41.1 Å². The summed E-state index contributed by atoms with van der Waals surface area (Å²) in [4.78, 5) is 17.8. The SMILES string of the molecule is CC(=O)c1cc(CSc2nc(-c3cccs3)ccc2C#N)cs1. The molecule has 0 aliphatic carbocycles. The Morgan fingerprint density at radius 3 is 2.87 bits per heavy atom. The number of thiophene rings is 2. The lowest BCUT2D eigenvalue weighted by atomic mass is 10.2. The molecule has 0 aliphatic heterocycles. The Morgan fingerprint density at radius 2 is 2.22 bits per heavy atom. The summed E-state index contributed by atoms with van der Waals surface area (Å²) < 4.78 is 0. The van der Waals surface area contributed by atoms with Crippen LogP contribution in [0.2, 0.25) is 0 Å². The minimum Gasteiger partial charge on any atom is -0.294 e. The maximum absolute atomic E-state index is 11.4. The van der Waals surface area contributed by atoms with Crippen molar-refractivity contribution in [2.75, 3.05) is 0 Å². The number of nitrogens with zero attached hydrogens (tertiary/aromatic N) is 2. The van der Waals surface area contributed by atoms with Crippen molar-refractivity contribution < 1.29 is 4.79 Å². The van der Waals surface area contributed by atoms with Crippen LogP contribution in [0.15, 0.2) is 46.1 Å². The second kappa shape index (κ2) is 7.09. The van der Waals surface area contributed by atoms with E-state index in [1.54, 1.807) is 18.3 Å². The molecule has 6 heteroatoms. The average molecular weight is 356 g/mol. The third-order valence-corrected chi connectivity index (χ3v) is 6.17. The first-order valence-corrected chi connectivity index (χ1v) is 9.58. The summed E-state index contributed by atoms with van der Waals surface area (Å²) in [5, 5.41) is 14.0. The second-order valence-corrected chi connectivity index (χ2v) is 7.63. The molecular formula is C17H12N2OS3. The molecule has 0 radical (unpaired) electrons. The van der Waals surface area contributed by atoms with Crippen LogP contribution in [-0.4, -0.2) is 10.8 Å². The first kappa shape index (κ1) is 15.9. The van der Waals surface area contributed by atoms with Gasteiger partial charge in [0.1, 0.15) is 11.1 Å². The monoisotopic (exact) mass is 356 g/mol. The van der Waals surface area contributed by atoms with Crippen molar-refractivity contribution in [2.24, 2.45) is 0 Å². The zero-order valence-corrected chi connectivity index (χ0v) is 14.7. The van der Waals surface area contributed by atoms with Gasteiger partial charge >= 0.3 is 0 Å². The van der Waals surface area contributed by atoms with Gasteiger partial charge in [-0.2, -0.15) is 5.26 Å². The molecule has 114 valence electrons. The van der Waals surface area contributed by atoms with Crippen LogP contribution in [0, 0.1) is 11.3 Å². The second-order valence-electron chi connectivity index (χ2n) is 4.80. The molecule has 3 rings (SSSR count). The van der Waals surface area contributed by atoms with Gasteiger partial charge in [0.05, 0.1) is 21.0 Å². The number of ketones is 1. The largest absolute Gasteiger partial charge is 0.294 e. The van der Waals surface area contributed by atoms with Gasteiger partial charge in [-0.05, 0) is 47.5 Å². The lowest BCUT2D eigenvalue weighted by Crippen LogP contribution is -1.90. The summed E-state index contributed by atoms with van der Waals surface area (Å²) >= 11 is 4.61. The van der Waals surface area contributed by atoms with Gasteiger partial charge in [0.25, 0.3) is 0 Å². The number of hydrogen-bond acceptors (Lipinski definition) is 6. The van der Waals surface area contributed by atoms with E-state index < -0.39 is 0 Å². The Balaban J connectivity index is 1.82. The molecule has 3 aromatic heterocycles. The number of hydrogen-bond donors (Lipinski definition) is 0. The molecule has 3 nitrogen and oxygen atoms in total. The maximum Gasteiger partial charge on any atom is 0.169 e. The number of carbonyl (C=O) groups is 1. The molecule has 0 unspecified atom stereocenters. The van der Waals surface area contributed by atoms with Crippen LogP contribution < -0.4 is 0 Å². The molecule has 3 aromatic rings. The zero-order valence-electron chi connectivity index (χ0n) is 12.3. The quantitative estimate of drug-likeness (QED) is 0.463. The molecule has 0 spiro atoms. The van der Waals surface area contributed by atoms with Crippen LogP contribution in [-0.2, 0) is 5.75 Å². The fourth-order valence-corrected chi connectivity index (χ4v) is 4.50. The van der Waals surface area contributed by atoms with Crippen molar-refractivity contribution in [3.8, 4) is 16.6 Å². The number of thioether (sulfide) groups is 1. The summed E-state index contributed by atoms with van der Waals surface area (Å²) in [6, 6.07) is 11.8. The Kier molecular flexibility index (Phi) is 4.91. The highest BCUT2D eigenvalue weighted by molar-refractivity contribution is 7.98. The van der Waals surface area contributed by atoms with Crippen LogP contribution in [0.5, 0.6) is 0 Å². The standard InChI is InChI=1S/C17H12N2OS3/c1-11(20)16-7-12(9-22-16)10-23-17-13(8-18)4-5-14(19-17)15-3-2-6-21-15/h2-7,9H,10H2,1H3. The van der Waals surface area contributed by atoms with E-state index in [9.17, 15) is 10.1 Å². The number of rotatable bonds is 5. The Hall–Kier alpha value is -1.94. The summed E-state index contributed by atoms with van der Waals surface area (Å²) in [5.74, 6) is 0.779. The van der Waals surface area contributed by atoms with Gasteiger partial charge in [0, 0.05) is 5.75 Å². The normalized spacial score (nSPS) is 10.4. The first-order chi connectivity index (χ1) is 11.2. The van der Waals surface area contributed by atoms with Crippen molar-refractivity contribution >= 4 is 40.2 Å². The van der Waals surface area contributed by atoms with E-state index in [0.29, 0.717) is 11.3 Å².